The smallest absolute Gasteiger partial charge is 0.251 e. The molecule has 3 aromatic carbocycles. The zero-order valence-electron chi connectivity index (χ0n) is 21.5. The van der Waals surface area contributed by atoms with Crippen LogP contribution in [0.25, 0.3) is 22.2 Å². The van der Waals surface area contributed by atoms with Crippen molar-refractivity contribution in [2.24, 2.45) is 0 Å². The molecule has 1 N–H and O–H groups in total. The zero-order chi connectivity index (χ0) is 26.6. The van der Waals surface area contributed by atoms with Crippen molar-refractivity contribution in [3.05, 3.63) is 89.2 Å². The van der Waals surface area contributed by atoms with Crippen molar-refractivity contribution in [1.29, 1.82) is 5.26 Å². The molecule has 1 aromatic heterocycles. The molecule has 1 aliphatic carbocycles. The second kappa shape index (κ2) is 11.1. The topological polar surface area (TPSA) is 76.3 Å². The van der Waals surface area contributed by atoms with E-state index in [1.165, 1.54) is 12.1 Å². The highest BCUT2D eigenvalue weighted by molar-refractivity contribution is 5.97. The Hall–Kier alpha value is -4.15. The highest BCUT2D eigenvalue weighted by Crippen LogP contribution is 2.43. The average Bonchev–Trinajstić information content (AvgIpc) is 3.21. The number of halogens is 1. The van der Waals surface area contributed by atoms with E-state index < -0.39 is 0 Å². The number of ether oxygens (including phenoxy) is 2. The van der Waals surface area contributed by atoms with Crippen LogP contribution < -0.4 is 10.1 Å². The molecular formula is C31H30FN3O3. The number of hydrogen-bond acceptors (Lipinski definition) is 4. The molecular weight excluding hydrogens is 481 g/mol. The van der Waals surface area contributed by atoms with Crippen molar-refractivity contribution in [3.63, 3.8) is 0 Å². The highest BCUT2D eigenvalue weighted by atomic mass is 19.1. The molecule has 38 heavy (non-hydrogen) atoms. The maximum Gasteiger partial charge on any atom is 0.251 e. The first-order chi connectivity index (χ1) is 18.5. The van der Waals surface area contributed by atoms with Gasteiger partial charge in [0, 0.05) is 30.2 Å². The molecule has 7 heteroatoms. The minimum absolute atomic E-state index is 0.216. The van der Waals surface area contributed by atoms with Crippen LogP contribution in [0.3, 0.4) is 0 Å². The monoisotopic (exact) mass is 511 g/mol. The van der Waals surface area contributed by atoms with Crippen LogP contribution >= 0.6 is 0 Å². The first kappa shape index (κ1) is 25.5. The number of aromatic nitrogens is 1. The first-order valence-electron chi connectivity index (χ1n) is 12.9. The van der Waals surface area contributed by atoms with Gasteiger partial charge in [-0.2, -0.15) is 5.26 Å². The molecule has 4 aromatic rings. The summed E-state index contributed by atoms with van der Waals surface area (Å²) < 4.78 is 26.5. The van der Waals surface area contributed by atoms with Gasteiger partial charge in [0.15, 0.2) is 0 Å². The number of amides is 1. The Bertz CT molecular complexity index is 1480. The Balaban J connectivity index is 1.46. The third-order valence-corrected chi connectivity index (χ3v) is 7.22. The number of nitriles is 1. The molecule has 1 fully saturated rings. The summed E-state index contributed by atoms with van der Waals surface area (Å²) in [5.41, 5.74) is 4.69. The maximum atomic E-state index is 13.2. The fraction of sp³-hybridized carbons (Fsp3) is 0.290. The Morgan fingerprint density at radius 1 is 1.11 bits per heavy atom. The summed E-state index contributed by atoms with van der Waals surface area (Å²) in [6.07, 6.45) is 3.26. The minimum atomic E-state index is -0.311. The summed E-state index contributed by atoms with van der Waals surface area (Å²) in [7, 11) is 1.64. The largest absolute Gasteiger partial charge is 0.491 e. The molecule has 5 rings (SSSR count). The molecule has 0 unspecified atom stereocenters. The average molecular weight is 512 g/mol. The second-order valence-corrected chi connectivity index (χ2v) is 9.63. The predicted molar refractivity (Wildman–Crippen MR) is 145 cm³/mol. The first-order valence-corrected chi connectivity index (χ1v) is 12.9. The normalized spacial score (nSPS) is 14.1. The minimum Gasteiger partial charge on any atom is -0.491 e. The van der Waals surface area contributed by atoms with Gasteiger partial charge in [-0.25, -0.2) is 4.39 Å². The van der Waals surface area contributed by atoms with Crippen molar-refractivity contribution in [2.75, 3.05) is 20.3 Å². The Morgan fingerprint density at radius 3 is 2.47 bits per heavy atom. The molecule has 0 aliphatic heterocycles. The van der Waals surface area contributed by atoms with Gasteiger partial charge in [-0.15, -0.1) is 0 Å². The van der Waals surface area contributed by atoms with Crippen molar-refractivity contribution >= 4 is 16.8 Å². The number of nitrogens with one attached hydrogen (secondary N) is 1. The van der Waals surface area contributed by atoms with Crippen molar-refractivity contribution in [2.45, 2.75) is 38.3 Å². The van der Waals surface area contributed by atoms with Crippen molar-refractivity contribution in [1.82, 2.24) is 9.88 Å². The van der Waals surface area contributed by atoms with E-state index in [9.17, 15) is 14.4 Å². The fourth-order valence-corrected chi connectivity index (χ4v) is 4.94. The van der Waals surface area contributed by atoms with Gasteiger partial charge in [0.1, 0.15) is 24.2 Å². The molecule has 1 amide bonds. The molecule has 1 saturated carbocycles. The van der Waals surface area contributed by atoms with Gasteiger partial charge < -0.3 is 19.4 Å². The van der Waals surface area contributed by atoms with Crippen LogP contribution in [0.5, 0.6) is 5.75 Å². The predicted octanol–water partition coefficient (Wildman–Crippen LogP) is 6.56. The lowest BCUT2D eigenvalue weighted by molar-refractivity contribution is 0.0940. The SMILES string of the molecule is COCCOc1ccc2c(C#N)c(-c3ccc(C(=O)N[C@H](C)c4ccc(F)cc4)cc3)n(C3CCC3)c2c1. The number of nitrogens with zero attached hydrogens (tertiary/aromatic N) is 2. The molecule has 1 aliphatic rings. The van der Waals surface area contributed by atoms with Gasteiger partial charge in [0.2, 0.25) is 0 Å². The van der Waals surface area contributed by atoms with Gasteiger partial charge in [0.05, 0.1) is 29.4 Å². The molecule has 6 nitrogen and oxygen atoms in total. The number of carbonyl (C=O) groups is 1. The van der Waals surface area contributed by atoms with E-state index in [4.69, 9.17) is 9.47 Å². The van der Waals surface area contributed by atoms with Gasteiger partial charge >= 0.3 is 0 Å². The van der Waals surface area contributed by atoms with E-state index in [-0.39, 0.29) is 17.8 Å². The third kappa shape index (κ3) is 5.00. The molecule has 0 radical (unpaired) electrons. The van der Waals surface area contributed by atoms with Crippen LogP contribution in [0.1, 0.15) is 59.8 Å². The summed E-state index contributed by atoms with van der Waals surface area (Å²) in [4.78, 5) is 12.9. The van der Waals surface area contributed by atoms with E-state index in [1.54, 1.807) is 31.4 Å². The summed E-state index contributed by atoms with van der Waals surface area (Å²) >= 11 is 0. The second-order valence-electron chi connectivity index (χ2n) is 9.63. The fourth-order valence-electron chi connectivity index (χ4n) is 4.94. The zero-order valence-corrected chi connectivity index (χ0v) is 21.5. The van der Waals surface area contributed by atoms with E-state index >= 15 is 0 Å². The van der Waals surface area contributed by atoms with Gasteiger partial charge in [-0.1, -0.05) is 24.3 Å². The Morgan fingerprint density at radius 2 is 1.84 bits per heavy atom. The van der Waals surface area contributed by atoms with Gasteiger partial charge in [-0.05, 0) is 73.7 Å². The van der Waals surface area contributed by atoms with E-state index in [0.29, 0.717) is 30.4 Å². The summed E-state index contributed by atoms with van der Waals surface area (Å²) in [5.74, 6) is 0.214. The molecule has 1 heterocycles. The van der Waals surface area contributed by atoms with Crippen LogP contribution in [0, 0.1) is 17.1 Å². The number of fused-ring (bicyclic) bond motifs is 1. The van der Waals surface area contributed by atoms with Crippen LogP contribution in [0.2, 0.25) is 0 Å². The Labute approximate surface area is 221 Å². The number of benzene rings is 3. The third-order valence-electron chi connectivity index (χ3n) is 7.22. The Kier molecular flexibility index (Phi) is 7.43. The van der Waals surface area contributed by atoms with Crippen LogP contribution in [-0.2, 0) is 4.74 Å². The summed E-state index contributed by atoms with van der Waals surface area (Å²) in [5, 5.41) is 14.0. The summed E-state index contributed by atoms with van der Waals surface area (Å²) in [6, 6.07) is 21.8. The van der Waals surface area contributed by atoms with Crippen molar-refractivity contribution in [3.8, 4) is 23.1 Å². The van der Waals surface area contributed by atoms with Gasteiger partial charge in [-0.3, -0.25) is 4.79 Å². The lowest BCUT2D eigenvalue weighted by atomic mass is 9.92. The molecule has 0 spiro atoms. The maximum absolute atomic E-state index is 13.2. The molecule has 0 saturated heterocycles. The van der Waals surface area contributed by atoms with Crippen molar-refractivity contribution < 1.29 is 18.7 Å². The van der Waals surface area contributed by atoms with E-state index in [0.717, 1.165) is 52.7 Å². The molecule has 0 bridgehead atoms. The standard InChI is InChI=1S/C31H30FN3O3/c1-20(21-10-12-24(32)13-11-21)34-31(36)23-8-6-22(7-9-23)30-28(19-33)27-15-14-26(38-17-16-37-2)18-29(27)35(30)25-4-3-5-25/h6-15,18,20,25H,3-5,16-17H2,1-2H3,(H,34,36)/t20-/m1/s1. The summed E-state index contributed by atoms with van der Waals surface area (Å²) in [6.45, 7) is 2.81. The van der Waals surface area contributed by atoms with Gasteiger partial charge in [0.25, 0.3) is 5.91 Å². The number of rotatable bonds is 9. The van der Waals surface area contributed by atoms with E-state index in [1.807, 2.05) is 37.3 Å². The highest BCUT2D eigenvalue weighted by Gasteiger charge is 2.28. The molecule has 194 valence electrons. The van der Waals surface area contributed by atoms with Crippen LogP contribution in [0.4, 0.5) is 4.39 Å². The van der Waals surface area contributed by atoms with Crippen LogP contribution in [0.15, 0.2) is 66.7 Å². The lowest BCUT2D eigenvalue weighted by Crippen LogP contribution is -2.26. The van der Waals surface area contributed by atoms with E-state index in [2.05, 4.69) is 16.0 Å². The van der Waals surface area contributed by atoms with Crippen LogP contribution in [-0.4, -0.2) is 30.8 Å². The quantitative estimate of drug-likeness (QED) is 0.258. The number of carbonyl (C=O) groups excluding carboxylic acids is 1. The molecule has 1 atom stereocenters. The lowest BCUT2D eigenvalue weighted by Gasteiger charge is -2.30. The number of methoxy groups -OCH3 is 1. The number of hydrogen-bond donors (Lipinski definition) is 1.